The average Bonchev–Trinajstić information content (AvgIpc) is 2.01. The van der Waals surface area contributed by atoms with Crippen molar-refractivity contribution in [1.82, 2.24) is 0 Å². The van der Waals surface area contributed by atoms with Gasteiger partial charge in [-0.1, -0.05) is 15.9 Å². The SMILES string of the molecule is CC(O)Cc1cc(Br)ccc1[N+](=O)[O-]. The van der Waals surface area contributed by atoms with Gasteiger partial charge in [-0.25, -0.2) is 0 Å². The van der Waals surface area contributed by atoms with Crippen molar-refractivity contribution in [2.45, 2.75) is 19.4 Å². The fourth-order valence-electron chi connectivity index (χ4n) is 1.21. The smallest absolute Gasteiger partial charge is 0.272 e. The van der Waals surface area contributed by atoms with Crippen LogP contribution in [0.1, 0.15) is 12.5 Å². The number of hydrogen-bond donors (Lipinski definition) is 1. The number of nitro groups is 1. The van der Waals surface area contributed by atoms with E-state index in [1.165, 1.54) is 6.07 Å². The molecule has 0 aromatic heterocycles. The molecule has 4 nitrogen and oxygen atoms in total. The predicted octanol–water partition coefficient (Wildman–Crippen LogP) is 2.28. The van der Waals surface area contributed by atoms with E-state index in [1.807, 2.05) is 0 Å². The zero-order chi connectivity index (χ0) is 10.7. The van der Waals surface area contributed by atoms with Crippen LogP contribution in [0.3, 0.4) is 0 Å². The molecule has 0 aliphatic heterocycles. The highest BCUT2D eigenvalue weighted by Gasteiger charge is 2.14. The Morgan fingerprint density at radius 3 is 2.79 bits per heavy atom. The molecular weight excluding hydrogens is 250 g/mol. The van der Waals surface area contributed by atoms with Crippen molar-refractivity contribution in [3.05, 3.63) is 38.3 Å². The Morgan fingerprint density at radius 1 is 1.64 bits per heavy atom. The highest BCUT2D eigenvalue weighted by atomic mass is 79.9. The Bertz CT molecular complexity index is 352. The minimum atomic E-state index is -0.581. The lowest BCUT2D eigenvalue weighted by atomic mass is 10.1. The maximum atomic E-state index is 10.6. The Hall–Kier alpha value is -0.940. The number of nitro benzene ring substituents is 1. The van der Waals surface area contributed by atoms with E-state index in [2.05, 4.69) is 15.9 Å². The molecule has 76 valence electrons. The van der Waals surface area contributed by atoms with Gasteiger partial charge in [0.2, 0.25) is 0 Å². The topological polar surface area (TPSA) is 63.4 Å². The molecule has 14 heavy (non-hydrogen) atoms. The van der Waals surface area contributed by atoms with Crippen LogP contribution in [0.4, 0.5) is 5.69 Å². The van der Waals surface area contributed by atoms with Crippen molar-refractivity contribution in [2.75, 3.05) is 0 Å². The molecule has 0 amide bonds. The van der Waals surface area contributed by atoms with Gasteiger partial charge >= 0.3 is 0 Å². The van der Waals surface area contributed by atoms with E-state index in [1.54, 1.807) is 19.1 Å². The van der Waals surface area contributed by atoms with Crippen molar-refractivity contribution in [2.24, 2.45) is 0 Å². The molecule has 1 aromatic carbocycles. The molecule has 0 heterocycles. The molecule has 0 fully saturated rings. The van der Waals surface area contributed by atoms with Crippen molar-refractivity contribution < 1.29 is 10.0 Å². The van der Waals surface area contributed by atoms with Gasteiger partial charge in [0.25, 0.3) is 5.69 Å². The third-order valence-corrected chi connectivity index (χ3v) is 2.25. The van der Waals surface area contributed by atoms with Crippen LogP contribution < -0.4 is 0 Å². The van der Waals surface area contributed by atoms with Crippen molar-refractivity contribution in [3.8, 4) is 0 Å². The summed E-state index contributed by atoms with van der Waals surface area (Å²) in [5.74, 6) is 0. The molecule has 1 aromatic rings. The van der Waals surface area contributed by atoms with Gasteiger partial charge in [-0.2, -0.15) is 0 Å². The summed E-state index contributed by atoms with van der Waals surface area (Å²) < 4.78 is 0.777. The van der Waals surface area contributed by atoms with E-state index in [9.17, 15) is 10.1 Å². The van der Waals surface area contributed by atoms with Gasteiger partial charge in [-0.05, 0) is 19.1 Å². The number of aliphatic hydroxyl groups is 1. The van der Waals surface area contributed by atoms with Crippen LogP contribution in [0.15, 0.2) is 22.7 Å². The number of benzene rings is 1. The quantitative estimate of drug-likeness (QED) is 0.669. The van der Waals surface area contributed by atoms with Crippen LogP contribution in [-0.2, 0) is 6.42 Å². The molecule has 1 unspecified atom stereocenters. The van der Waals surface area contributed by atoms with Gasteiger partial charge in [-0.15, -0.1) is 0 Å². The lowest BCUT2D eigenvalue weighted by Gasteiger charge is -2.05. The first-order valence-electron chi connectivity index (χ1n) is 4.11. The summed E-state index contributed by atoms with van der Waals surface area (Å²) in [6.45, 7) is 1.60. The number of aliphatic hydroxyl groups excluding tert-OH is 1. The average molecular weight is 260 g/mol. The summed E-state index contributed by atoms with van der Waals surface area (Å²) in [6.07, 6.45) is -0.293. The van der Waals surface area contributed by atoms with Crippen LogP contribution in [0.5, 0.6) is 0 Å². The van der Waals surface area contributed by atoms with Gasteiger partial charge < -0.3 is 5.11 Å². The predicted molar refractivity (Wildman–Crippen MR) is 56.2 cm³/mol. The molecule has 0 aliphatic carbocycles. The molecule has 0 saturated heterocycles. The van der Waals surface area contributed by atoms with Gasteiger partial charge in [0.05, 0.1) is 11.0 Å². The van der Waals surface area contributed by atoms with E-state index < -0.39 is 11.0 Å². The number of nitrogens with zero attached hydrogens (tertiary/aromatic N) is 1. The van der Waals surface area contributed by atoms with Crippen molar-refractivity contribution in [3.63, 3.8) is 0 Å². The number of hydrogen-bond acceptors (Lipinski definition) is 3. The monoisotopic (exact) mass is 259 g/mol. The minimum Gasteiger partial charge on any atom is -0.393 e. The summed E-state index contributed by atoms with van der Waals surface area (Å²) in [7, 11) is 0. The molecule has 0 saturated carbocycles. The zero-order valence-corrected chi connectivity index (χ0v) is 9.19. The van der Waals surface area contributed by atoms with E-state index in [0.717, 1.165) is 4.47 Å². The summed E-state index contributed by atoms with van der Waals surface area (Å²) in [6, 6.07) is 4.70. The largest absolute Gasteiger partial charge is 0.393 e. The summed E-state index contributed by atoms with van der Waals surface area (Å²) >= 11 is 3.23. The Kier molecular flexibility index (Phi) is 3.60. The van der Waals surface area contributed by atoms with Crippen LogP contribution in [0, 0.1) is 10.1 Å². The van der Waals surface area contributed by atoms with Gasteiger partial charge in [0.15, 0.2) is 0 Å². The second kappa shape index (κ2) is 4.52. The molecule has 0 aliphatic rings. The Balaban J connectivity index is 3.09. The minimum absolute atomic E-state index is 0.0501. The number of halogens is 1. The highest BCUT2D eigenvalue weighted by molar-refractivity contribution is 9.10. The molecule has 0 bridgehead atoms. The second-order valence-corrected chi connectivity index (χ2v) is 4.00. The molecule has 5 heteroatoms. The molecule has 0 spiro atoms. The van der Waals surface area contributed by atoms with Crippen LogP contribution >= 0.6 is 15.9 Å². The maximum absolute atomic E-state index is 10.6. The molecule has 1 atom stereocenters. The van der Waals surface area contributed by atoms with Crippen molar-refractivity contribution in [1.29, 1.82) is 0 Å². The van der Waals surface area contributed by atoms with Crippen LogP contribution in [0.25, 0.3) is 0 Å². The van der Waals surface area contributed by atoms with E-state index in [4.69, 9.17) is 5.11 Å². The third kappa shape index (κ3) is 2.78. The van der Waals surface area contributed by atoms with E-state index in [-0.39, 0.29) is 12.1 Å². The normalized spacial score (nSPS) is 12.5. The zero-order valence-electron chi connectivity index (χ0n) is 7.61. The summed E-state index contributed by atoms with van der Waals surface area (Å²) in [4.78, 5) is 10.2. The number of rotatable bonds is 3. The van der Waals surface area contributed by atoms with Gasteiger partial charge in [0, 0.05) is 22.5 Å². The van der Waals surface area contributed by atoms with Crippen molar-refractivity contribution >= 4 is 21.6 Å². The van der Waals surface area contributed by atoms with Gasteiger partial charge in [0.1, 0.15) is 0 Å². The second-order valence-electron chi connectivity index (χ2n) is 3.08. The Morgan fingerprint density at radius 2 is 2.29 bits per heavy atom. The summed E-state index contributed by atoms with van der Waals surface area (Å²) in [5.41, 5.74) is 0.591. The van der Waals surface area contributed by atoms with Crippen LogP contribution in [0.2, 0.25) is 0 Å². The molecular formula is C9H10BrNO3. The first kappa shape index (κ1) is 11.1. The summed E-state index contributed by atoms with van der Waals surface area (Å²) in [5, 5.41) is 19.8. The fourth-order valence-corrected chi connectivity index (χ4v) is 1.62. The first-order valence-corrected chi connectivity index (χ1v) is 4.91. The highest BCUT2D eigenvalue weighted by Crippen LogP contribution is 2.24. The van der Waals surface area contributed by atoms with E-state index in [0.29, 0.717) is 5.56 Å². The van der Waals surface area contributed by atoms with Gasteiger partial charge in [-0.3, -0.25) is 10.1 Å². The van der Waals surface area contributed by atoms with Crippen LogP contribution in [-0.4, -0.2) is 16.1 Å². The fraction of sp³-hybridized carbons (Fsp3) is 0.333. The Labute approximate surface area is 89.8 Å². The lowest BCUT2D eigenvalue weighted by Crippen LogP contribution is -2.06. The maximum Gasteiger partial charge on any atom is 0.272 e. The standard InChI is InChI=1S/C9H10BrNO3/c1-6(12)4-7-5-8(10)2-3-9(7)11(13)14/h2-3,5-6,12H,4H2,1H3. The molecule has 1 rings (SSSR count). The molecule has 0 radical (unpaired) electrons. The first-order chi connectivity index (χ1) is 6.50. The van der Waals surface area contributed by atoms with E-state index >= 15 is 0 Å². The molecule has 1 N–H and O–H groups in total. The lowest BCUT2D eigenvalue weighted by molar-refractivity contribution is -0.385. The third-order valence-electron chi connectivity index (χ3n) is 1.75.